The number of morpholine rings is 1. The lowest BCUT2D eigenvalue weighted by molar-refractivity contribution is 0.122. The number of anilines is 2. The Labute approximate surface area is 195 Å². The van der Waals surface area contributed by atoms with Gasteiger partial charge in [-0.15, -0.1) is 0 Å². The third-order valence-corrected chi connectivity index (χ3v) is 6.41. The number of fused-ring (bicyclic) bond motifs is 1. The molecule has 34 heavy (non-hydrogen) atoms. The van der Waals surface area contributed by atoms with E-state index in [1.807, 2.05) is 4.90 Å². The van der Waals surface area contributed by atoms with E-state index >= 15 is 0 Å². The van der Waals surface area contributed by atoms with Gasteiger partial charge in [0.05, 0.1) is 25.8 Å². The van der Waals surface area contributed by atoms with Crippen molar-refractivity contribution in [2.75, 3.05) is 62.8 Å². The summed E-state index contributed by atoms with van der Waals surface area (Å²) in [6, 6.07) is 5.13. The highest BCUT2D eigenvalue weighted by Gasteiger charge is 2.27. The van der Waals surface area contributed by atoms with Crippen LogP contribution < -0.4 is 20.3 Å². The van der Waals surface area contributed by atoms with Crippen LogP contribution in [0.1, 0.15) is 25.1 Å². The van der Waals surface area contributed by atoms with Crippen LogP contribution in [-0.4, -0.2) is 77.6 Å². The molecule has 2 N–H and O–H groups in total. The number of halogens is 2. The predicted octanol–water partition coefficient (Wildman–Crippen LogP) is 2.17. The smallest absolute Gasteiger partial charge is 0.296 e. The molecule has 3 aromatic rings. The maximum Gasteiger partial charge on any atom is 0.296 e. The summed E-state index contributed by atoms with van der Waals surface area (Å²) in [7, 11) is 1.48. The summed E-state index contributed by atoms with van der Waals surface area (Å²) in [5.74, 6) is 1.45. The number of hydrogen-bond acceptors (Lipinski definition) is 9. The summed E-state index contributed by atoms with van der Waals surface area (Å²) >= 11 is 0. The number of hydrogen-bond donors (Lipinski definition) is 1. The number of nitrogens with two attached hydrogens (primary N) is 1. The minimum Gasteiger partial charge on any atom is -0.494 e. The van der Waals surface area contributed by atoms with Gasteiger partial charge < -0.3 is 25.0 Å². The lowest BCUT2D eigenvalue weighted by atomic mass is 9.97. The summed E-state index contributed by atoms with van der Waals surface area (Å²) in [6.07, 6.45) is -0.972. The van der Waals surface area contributed by atoms with Crippen LogP contribution in [0.15, 0.2) is 18.2 Å². The molecule has 2 saturated heterocycles. The lowest BCUT2D eigenvalue weighted by Gasteiger charge is -2.32. The fourth-order valence-corrected chi connectivity index (χ4v) is 4.47. The van der Waals surface area contributed by atoms with Gasteiger partial charge in [0.25, 0.3) is 6.43 Å². The molecule has 0 aliphatic carbocycles. The molecule has 0 amide bonds. The summed E-state index contributed by atoms with van der Waals surface area (Å²) in [6.45, 7) is 4.45. The predicted molar refractivity (Wildman–Crippen MR) is 123 cm³/mol. The van der Waals surface area contributed by atoms with E-state index in [-0.39, 0.29) is 5.95 Å². The molecule has 0 bridgehead atoms. The van der Waals surface area contributed by atoms with E-state index in [9.17, 15) is 8.78 Å². The molecule has 12 heteroatoms. The Hall–Kier alpha value is -3.12. The molecule has 1 aromatic carbocycles. The van der Waals surface area contributed by atoms with Gasteiger partial charge in [-0.2, -0.15) is 15.0 Å². The Kier molecular flexibility index (Phi) is 6.42. The van der Waals surface area contributed by atoms with Crippen LogP contribution in [0.2, 0.25) is 0 Å². The van der Waals surface area contributed by atoms with Gasteiger partial charge in [-0.1, -0.05) is 6.07 Å². The second-order valence-corrected chi connectivity index (χ2v) is 8.44. The van der Waals surface area contributed by atoms with Crippen molar-refractivity contribution >= 4 is 22.9 Å². The second kappa shape index (κ2) is 9.63. The van der Waals surface area contributed by atoms with E-state index in [2.05, 4.69) is 19.9 Å². The zero-order chi connectivity index (χ0) is 23.7. The Morgan fingerprint density at radius 2 is 1.65 bits per heavy atom. The first-order chi connectivity index (χ1) is 16.6. The van der Waals surface area contributed by atoms with E-state index in [0.29, 0.717) is 67.4 Å². The highest BCUT2D eigenvalue weighted by molar-refractivity contribution is 5.84. The second-order valence-electron chi connectivity index (χ2n) is 8.44. The third kappa shape index (κ3) is 4.23. The largest absolute Gasteiger partial charge is 0.494 e. The molecule has 0 spiro atoms. The molecule has 4 heterocycles. The molecule has 0 atom stereocenters. The molecular formula is C22H28F2N8O2. The molecular weight excluding hydrogens is 446 g/mol. The number of alkyl halides is 2. The lowest BCUT2D eigenvalue weighted by Crippen LogP contribution is -2.40. The fourth-order valence-electron chi connectivity index (χ4n) is 4.47. The van der Waals surface area contributed by atoms with Crippen LogP contribution >= 0.6 is 0 Å². The average molecular weight is 475 g/mol. The first-order valence-corrected chi connectivity index (χ1v) is 11.5. The van der Waals surface area contributed by atoms with E-state index in [1.54, 1.807) is 18.2 Å². The first kappa shape index (κ1) is 22.7. The molecule has 2 aromatic heterocycles. The maximum absolute atomic E-state index is 14.1. The summed E-state index contributed by atoms with van der Waals surface area (Å²) < 4.78 is 40.4. The Morgan fingerprint density at radius 1 is 1.00 bits per heavy atom. The number of nitrogens with zero attached hydrogens (tertiary/aromatic N) is 7. The molecule has 182 valence electrons. The zero-order valence-electron chi connectivity index (χ0n) is 19.0. The number of benzene rings is 1. The van der Waals surface area contributed by atoms with Crippen molar-refractivity contribution in [1.82, 2.24) is 24.5 Å². The molecule has 0 unspecified atom stereocenters. The number of rotatable bonds is 6. The average Bonchev–Trinajstić information content (AvgIpc) is 3.29. The topological polar surface area (TPSA) is 107 Å². The van der Waals surface area contributed by atoms with Crippen LogP contribution in [0.5, 0.6) is 5.75 Å². The fraction of sp³-hybridized carbons (Fsp3) is 0.545. The Balaban J connectivity index is 1.65. The molecule has 0 saturated carbocycles. The van der Waals surface area contributed by atoms with E-state index < -0.39 is 12.2 Å². The van der Waals surface area contributed by atoms with Gasteiger partial charge >= 0.3 is 0 Å². The standard InChI is InChI=1S/C22H28F2N8O2/c1-33-16-4-2-3-15-17(16)26-19(18(23)24)32(15)22-28-20(30-7-5-14(13-25)6-8-30)27-21(29-22)31-9-11-34-12-10-31/h2-4,14,18H,5-13,25H2,1H3. The van der Waals surface area contributed by atoms with Crippen LogP contribution in [0.25, 0.3) is 17.0 Å². The van der Waals surface area contributed by atoms with Gasteiger partial charge in [0.15, 0.2) is 5.82 Å². The van der Waals surface area contributed by atoms with Crippen molar-refractivity contribution in [1.29, 1.82) is 0 Å². The van der Waals surface area contributed by atoms with Crippen molar-refractivity contribution in [3.05, 3.63) is 24.0 Å². The Morgan fingerprint density at radius 3 is 2.26 bits per heavy atom. The van der Waals surface area contributed by atoms with Crippen molar-refractivity contribution in [2.24, 2.45) is 11.7 Å². The van der Waals surface area contributed by atoms with Crippen LogP contribution in [-0.2, 0) is 4.74 Å². The van der Waals surface area contributed by atoms with Gasteiger partial charge in [-0.25, -0.2) is 13.8 Å². The normalized spacial score (nSPS) is 17.7. The van der Waals surface area contributed by atoms with Crippen LogP contribution in [0, 0.1) is 5.92 Å². The van der Waals surface area contributed by atoms with Gasteiger partial charge in [-0.05, 0) is 37.4 Å². The number of piperidine rings is 1. The molecule has 5 rings (SSSR count). The highest BCUT2D eigenvalue weighted by Crippen LogP contribution is 2.32. The zero-order valence-corrected chi connectivity index (χ0v) is 19.0. The van der Waals surface area contributed by atoms with Crippen molar-refractivity contribution < 1.29 is 18.3 Å². The number of ether oxygens (including phenoxy) is 2. The third-order valence-electron chi connectivity index (χ3n) is 6.41. The van der Waals surface area contributed by atoms with Crippen LogP contribution in [0.4, 0.5) is 20.7 Å². The van der Waals surface area contributed by atoms with Crippen molar-refractivity contribution in [3.8, 4) is 11.7 Å². The van der Waals surface area contributed by atoms with Crippen molar-refractivity contribution in [2.45, 2.75) is 19.3 Å². The number of para-hydroxylation sites is 1. The Bertz CT molecular complexity index is 1140. The summed E-state index contributed by atoms with van der Waals surface area (Å²) in [4.78, 5) is 22.3. The number of imidazole rings is 1. The SMILES string of the molecule is COc1cccc2c1nc(C(F)F)n2-c1nc(N2CCOCC2)nc(N2CCC(CN)CC2)n1. The monoisotopic (exact) mass is 474 g/mol. The van der Waals surface area contributed by atoms with Gasteiger partial charge in [0.1, 0.15) is 11.3 Å². The molecule has 0 radical (unpaired) electrons. The van der Waals surface area contributed by atoms with E-state index in [4.69, 9.17) is 20.2 Å². The molecule has 2 fully saturated rings. The molecule has 10 nitrogen and oxygen atoms in total. The van der Waals surface area contributed by atoms with Crippen LogP contribution in [0.3, 0.4) is 0 Å². The van der Waals surface area contributed by atoms with Gasteiger partial charge in [0.2, 0.25) is 17.8 Å². The van der Waals surface area contributed by atoms with E-state index in [1.165, 1.54) is 11.7 Å². The quantitative estimate of drug-likeness (QED) is 0.575. The van der Waals surface area contributed by atoms with Crippen molar-refractivity contribution in [3.63, 3.8) is 0 Å². The first-order valence-electron chi connectivity index (χ1n) is 11.5. The van der Waals surface area contributed by atoms with E-state index in [0.717, 1.165) is 25.9 Å². The number of aromatic nitrogens is 5. The molecule has 2 aliphatic heterocycles. The minimum absolute atomic E-state index is 0.110. The summed E-state index contributed by atoms with van der Waals surface area (Å²) in [5.41, 5.74) is 6.63. The highest BCUT2D eigenvalue weighted by atomic mass is 19.3. The molecule has 2 aliphatic rings. The maximum atomic E-state index is 14.1. The summed E-state index contributed by atoms with van der Waals surface area (Å²) in [5, 5.41) is 0. The number of methoxy groups -OCH3 is 1. The van der Waals surface area contributed by atoms with Gasteiger partial charge in [-0.3, -0.25) is 4.57 Å². The minimum atomic E-state index is -2.83. The van der Waals surface area contributed by atoms with Gasteiger partial charge in [0, 0.05) is 26.2 Å².